The van der Waals surface area contributed by atoms with E-state index in [0.717, 1.165) is 11.3 Å². The number of nitrogens with zero attached hydrogens (tertiary/aromatic N) is 2. The molecule has 34 heavy (non-hydrogen) atoms. The first kappa shape index (κ1) is 23.4. The second-order valence-electron chi connectivity index (χ2n) is 7.21. The van der Waals surface area contributed by atoms with E-state index in [1.54, 1.807) is 49.6 Å². The maximum Gasteiger partial charge on any atom is 0.273 e. The average molecular weight is 494 g/mol. The number of carbonyl (C=O) groups is 1. The molecule has 0 aliphatic heterocycles. The summed E-state index contributed by atoms with van der Waals surface area (Å²) >= 11 is 12.4. The van der Waals surface area contributed by atoms with Crippen molar-refractivity contribution in [1.82, 2.24) is 9.99 Å². The zero-order chi connectivity index (χ0) is 23.9. The highest BCUT2D eigenvalue weighted by atomic mass is 35.5. The van der Waals surface area contributed by atoms with Crippen LogP contribution in [0.2, 0.25) is 10.0 Å². The molecular formula is C26H21Cl2N3O3. The van der Waals surface area contributed by atoms with Crippen LogP contribution in [0.3, 0.4) is 0 Å². The van der Waals surface area contributed by atoms with Gasteiger partial charge in [0.05, 0.1) is 24.6 Å². The Kier molecular flexibility index (Phi) is 7.52. The highest BCUT2D eigenvalue weighted by Crippen LogP contribution is 2.31. The number of hydrazone groups is 1. The molecule has 0 saturated carbocycles. The van der Waals surface area contributed by atoms with Crippen LogP contribution in [0.25, 0.3) is 5.69 Å². The molecule has 0 aliphatic carbocycles. The van der Waals surface area contributed by atoms with Gasteiger partial charge >= 0.3 is 0 Å². The van der Waals surface area contributed by atoms with Crippen LogP contribution in [-0.4, -0.2) is 23.8 Å². The minimum absolute atomic E-state index is 0.194. The van der Waals surface area contributed by atoms with E-state index in [1.165, 1.54) is 6.21 Å². The molecule has 6 nitrogen and oxygen atoms in total. The molecule has 0 aliphatic rings. The van der Waals surface area contributed by atoms with Gasteiger partial charge in [-0.25, -0.2) is 5.43 Å². The lowest BCUT2D eigenvalue weighted by molar-refractivity contribution is 0.0955. The van der Waals surface area contributed by atoms with E-state index in [2.05, 4.69) is 10.5 Å². The zero-order valence-corrected chi connectivity index (χ0v) is 19.8. The lowest BCUT2D eigenvalue weighted by Crippen LogP contribution is -2.19. The number of benzene rings is 3. The van der Waals surface area contributed by atoms with Crippen molar-refractivity contribution in [1.29, 1.82) is 0 Å². The molecule has 0 spiro atoms. The second kappa shape index (κ2) is 10.9. The van der Waals surface area contributed by atoms with Crippen molar-refractivity contribution in [3.05, 3.63) is 112 Å². The van der Waals surface area contributed by atoms with Crippen molar-refractivity contribution in [2.45, 2.75) is 6.61 Å². The lowest BCUT2D eigenvalue weighted by atomic mass is 10.1. The number of hydrogen-bond donors (Lipinski definition) is 1. The van der Waals surface area contributed by atoms with Gasteiger partial charge in [0, 0.05) is 28.0 Å². The average Bonchev–Trinajstić information content (AvgIpc) is 3.39. The quantitative estimate of drug-likeness (QED) is 0.237. The molecule has 3 aromatic carbocycles. The van der Waals surface area contributed by atoms with Gasteiger partial charge in [0.1, 0.15) is 6.61 Å². The molecule has 4 rings (SSSR count). The van der Waals surface area contributed by atoms with Gasteiger partial charge in [-0.2, -0.15) is 5.10 Å². The molecule has 0 atom stereocenters. The number of rotatable bonds is 8. The van der Waals surface area contributed by atoms with E-state index in [1.807, 2.05) is 47.3 Å². The summed E-state index contributed by atoms with van der Waals surface area (Å²) in [5, 5.41) is 5.16. The first-order chi connectivity index (χ1) is 16.6. The Labute approximate surface area is 207 Å². The molecule has 0 fully saturated rings. The summed E-state index contributed by atoms with van der Waals surface area (Å²) in [7, 11) is 1.55. The highest BCUT2D eigenvalue weighted by Gasteiger charge is 2.12. The standard InChI is InChI=1S/C26H21Cl2N3O3/c1-33-25-15-18(11-12-24(25)34-17-20-21(27)8-6-9-22(20)28)16-29-30-26(32)19-7-2-3-10-23(19)31-13-4-5-14-31/h2-16H,17H2,1H3,(H,30,32)/b29-16+. The molecule has 8 heteroatoms. The molecule has 0 unspecified atom stereocenters. The van der Waals surface area contributed by atoms with Crippen molar-refractivity contribution in [3.8, 4) is 17.2 Å². The van der Waals surface area contributed by atoms with Gasteiger partial charge in [0.15, 0.2) is 11.5 Å². The Balaban J connectivity index is 1.44. The number of halogens is 2. The predicted octanol–water partition coefficient (Wildman–Crippen LogP) is 6.14. The number of para-hydroxylation sites is 1. The van der Waals surface area contributed by atoms with Gasteiger partial charge in [-0.05, 0) is 60.2 Å². The second-order valence-corrected chi connectivity index (χ2v) is 8.02. The van der Waals surface area contributed by atoms with Crippen molar-refractivity contribution in [3.63, 3.8) is 0 Å². The molecule has 1 heterocycles. The summed E-state index contributed by atoms with van der Waals surface area (Å²) in [6.45, 7) is 0.194. The van der Waals surface area contributed by atoms with E-state index >= 15 is 0 Å². The molecule has 1 amide bonds. The maximum absolute atomic E-state index is 12.7. The van der Waals surface area contributed by atoms with E-state index in [4.69, 9.17) is 32.7 Å². The van der Waals surface area contributed by atoms with Crippen LogP contribution in [0.15, 0.2) is 90.3 Å². The van der Waals surface area contributed by atoms with Gasteiger partial charge in [0.2, 0.25) is 0 Å². The molecule has 1 aromatic heterocycles. The Morgan fingerprint density at radius 3 is 2.44 bits per heavy atom. The van der Waals surface area contributed by atoms with Gasteiger partial charge in [-0.15, -0.1) is 0 Å². The number of methoxy groups -OCH3 is 1. The van der Waals surface area contributed by atoms with E-state index < -0.39 is 0 Å². The number of amides is 1. The normalized spacial score (nSPS) is 10.9. The van der Waals surface area contributed by atoms with E-state index in [9.17, 15) is 4.79 Å². The third kappa shape index (κ3) is 5.42. The lowest BCUT2D eigenvalue weighted by Gasteiger charge is -2.13. The van der Waals surface area contributed by atoms with Crippen LogP contribution >= 0.6 is 23.2 Å². The third-order valence-electron chi connectivity index (χ3n) is 5.03. The zero-order valence-electron chi connectivity index (χ0n) is 18.2. The molecule has 0 bridgehead atoms. The largest absolute Gasteiger partial charge is 0.493 e. The van der Waals surface area contributed by atoms with Crippen molar-refractivity contribution < 1.29 is 14.3 Å². The fourth-order valence-corrected chi connectivity index (χ4v) is 3.82. The number of aromatic nitrogens is 1. The Hall–Kier alpha value is -3.74. The highest BCUT2D eigenvalue weighted by molar-refractivity contribution is 6.35. The summed E-state index contributed by atoms with van der Waals surface area (Å²) in [6, 6.07) is 21.7. The number of ether oxygens (including phenoxy) is 2. The van der Waals surface area contributed by atoms with Gasteiger partial charge in [-0.1, -0.05) is 41.4 Å². The molecule has 4 aromatic rings. The summed E-state index contributed by atoms with van der Waals surface area (Å²) < 4.78 is 13.2. The van der Waals surface area contributed by atoms with E-state index in [-0.39, 0.29) is 12.5 Å². The van der Waals surface area contributed by atoms with Crippen molar-refractivity contribution >= 4 is 35.3 Å². The first-order valence-corrected chi connectivity index (χ1v) is 11.1. The monoisotopic (exact) mass is 493 g/mol. The van der Waals surface area contributed by atoms with Crippen LogP contribution in [0.4, 0.5) is 0 Å². The Morgan fingerprint density at radius 2 is 1.71 bits per heavy atom. The number of hydrogen-bond acceptors (Lipinski definition) is 4. The van der Waals surface area contributed by atoms with Crippen LogP contribution < -0.4 is 14.9 Å². The summed E-state index contributed by atoms with van der Waals surface area (Å²) in [4.78, 5) is 12.7. The fraction of sp³-hybridized carbons (Fsp3) is 0.0769. The van der Waals surface area contributed by atoms with Crippen molar-refractivity contribution in [2.24, 2.45) is 5.10 Å². The molecule has 0 radical (unpaired) electrons. The van der Waals surface area contributed by atoms with Gasteiger partial charge < -0.3 is 14.0 Å². The Bertz CT molecular complexity index is 1300. The van der Waals surface area contributed by atoms with Gasteiger partial charge in [-0.3, -0.25) is 4.79 Å². The van der Waals surface area contributed by atoms with E-state index in [0.29, 0.717) is 32.7 Å². The van der Waals surface area contributed by atoms with Crippen LogP contribution in [0.5, 0.6) is 11.5 Å². The number of nitrogens with one attached hydrogen (secondary N) is 1. The first-order valence-electron chi connectivity index (χ1n) is 10.4. The number of carbonyl (C=O) groups excluding carboxylic acids is 1. The topological polar surface area (TPSA) is 64.8 Å². The maximum atomic E-state index is 12.7. The van der Waals surface area contributed by atoms with Crippen LogP contribution in [0, 0.1) is 0 Å². The summed E-state index contributed by atoms with van der Waals surface area (Å²) in [5.41, 5.74) is 5.27. The minimum atomic E-state index is -0.316. The van der Waals surface area contributed by atoms with Gasteiger partial charge in [0.25, 0.3) is 5.91 Å². The SMILES string of the molecule is COc1cc(/C=N/NC(=O)c2ccccc2-n2cccc2)ccc1OCc1c(Cl)cccc1Cl. The molecular weight excluding hydrogens is 473 g/mol. The molecule has 172 valence electrons. The third-order valence-corrected chi connectivity index (χ3v) is 5.74. The molecule has 0 saturated heterocycles. The predicted molar refractivity (Wildman–Crippen MR) is 135 cm³/mol. The Morgan fingerprint density at radius 1 is 0.971 bits per heavy atom. The fourth-order valence-electron chi connectivity index (χ4n) is 3.32. The van der Waals surface area contributed by atoms with Crippen molar-refractivity contribution in [2.75, 3.05) is 7.11 Å². The van der Waals surface area contributed by atoms with Crippen LogP contribution in [-0.2, 0) is 6.61 Å². The molecule has 1 N–H and O–H groups in total. The minimum Gasteiger partial charge on any atom is -0.493 e. The van der Waals surface area contributed by atoms with Crippen LogP contribution in [0.1, 0.15) is 21.5 Å². The summed E-state index contributed by atoms with van der Waals surface area (Å²) in [6.07, 6.45) is 5.29. The summed E-state index contributed by atoms with van der Waals surface area (Å²) in [5.74, 6) is 0.723. The smallest absolute Gasteiger partial charge is 0.273 e.